The van der Waals surface area contributed by atoms with Crippen molar-refractivity contribution in [3.05, 3.63) is 37.3 Å². The van der Waals surface area contributed by atoms with Crippen LogP contribution in [0.25, 0.3) is 11.0 Å². The smallest absolute Gasteiger partial charge is 0.246 e. The van der Waals surface area contributed by atoms with Crippen LogP contribution in [0.3, 0.4) is 0 Å². The van der Waals surface area contributed by atoms with Gasteiger partial charge in [0.15, 0.2) is 0 Å². The van der Waals surface area contributed by atoms with Gasteiger partial charge >= 0.3 is 0 Å². The number of fused-ring (bicyclic) bond motifs is 1. The van der Waals surface area contributed by atoms with E-state index in [9.17, 15) is 9.18 Å². The molecule has 0 spiro atoms. The summed E-state index contributed by atoms with van der Waals surface area (Å²) in [6, 6.07) is 1.99. The van der Waals surface area contributed by atoms with Gasteiger partial charge in [-0.1, -0.05) is 6.58 Å². The number of amides is 1. The van der Waals surface area contributed by atoms with Gasteiger partial charge < -0.3 is 24.7 Å². The van der Waals surface area contributed by atoms with E-state index in [-0.39, 0.29) is 30.8 Å². The van der Waals surface area contributed by atoms with E-state index in [1.165, 1.54) is 11.0 Å². The number of rotatable bonds is 6. The van der Waals surface area contributed by atoms with E-state index >= 15 is 0 Å². The Kier molecular flexibility index (Phi) is 5.48. The number of aromatic nitrogens is 5. The zero-order chi connectivity index (χ0) is 22.1. The Bertz CT molecular complexity index is 1120. The van der Waals surface area contributed by atoms with Gasteiger partial charge in [-0.25, -0.2) is 4.39 Å². The van der Waals surface area contributed by atoms with Crippen molar-refractivity contribution in [1.29, 1.82) is 0 Å². The van der Waals surface area contributed by atoms with E-state index in [4.69, 9.17) is 9.47 Å². The Balaban J connectivity index is 1.37. The fourth-order valence-electron chi connectivity index (χ4n) is 3.99. The summed E-state index contributed by atoms with van der Waals surface area (Å²) in [4.78, 5) is 25.5. The van der Waals surface area contributed by atoms with Gasteiger partial charge in [-0.2, -0.15) is 15.1 Å². The third-order valence-corrected chi connectivity index (χ3v) is 5.75. The summed E-state index contributed by atoms with van der Waals surface area (Å²) in [5.41, 5.74) is 1.27. The maximum atomic E-state index is 14.6. The summed E-state index contributed by atoms with van der Waals surface area (Å²) in [7, 11) is 0. The van der Waals surface area contributed by atoms with E-state index in [1.807, 2.05) is 10.9 Å². The fourth-order valence-corrected chi connectivity index (χ4v) is 3.99. The molecule has 5 rings (SSSR count). The van der Waals surface area contributed by atoms with Crippen molar-refractivity contribution in [2.75, 3.05) is 31.6 Å². The number of carbonyl (C=O) groups excluding carboxylic acids is 1. The highest BCUT2D eigenvalue weighted by atomic mass is 19.1. The first kappa shape index (κ1) is 20.4. The molecule has 3 unspecified atom stereocenters. The quantitative estimate of drug-likeness (QED) is 0.565. The van der Waals surface area contributed by atoms with Crippen LogP contribution in [-0.2, 0) is 9.53 Å². The van der Waals surface area contributed by atoms with E-state index in [2.05, 4.69) is 31.9 Å². The van der Waals surface area contributed by atoms with Crippen LogP contribution in [-0.4, -0.2) is 74.1 Å². The molecule has 0 radical (unpaired) electrons. The second-order valence-electron chi connectivity index (χ2n) is 7.89. The zero-order valence-corrected chi connectivity index (χ0v) is 17.4. The first-order valence-electron chi connectivity index (χ1n) is 10.6. The molecule has 3 atom stereocenters. The van der Waals surface area contributed by atoms with Crippen LogP contribution in [0.5, 0.6) is 5.88 Å². The highest BCUT2D eigenvalue weighted by Crippen LogP contribution is 2.28. The van der Waals surface area contributed by atoms with Gasteiger partial charge in [0.25, 0.3) is 0 Å². The lowest BCUT2D eigenvalue weighted by atomic mass is 10.1. The summed E-state index contributed by atoms with van der Waals surface area (Å²) in [6.07, 6.45) is 5.58. The maximum Gasteiger partial charge on any atom is 0.246 e. The largest absolute Gasteiger partial charge is 0.469 e. The zero-order valence-electron chi connectivity index (χ0n) is 17.4. The number of alkyl halides is 1. The maximum absolute atomic E-state index is 14.6. The number of piperidine rings is 1. The van der Waals surface area contributed by atoms with Gasteiger partial charge in [-0.15, -0.1) is 0 Å². The lowest BCUT2D eigenvalue weighted by molar-refractivity contribution is -0.130. The number of hydrogen-bond acceptors (Lipinski definition) is 7. The molecule has 32 heavy (non-hydrogen) atoms. The Morgan fingerprint density at radius 1 is 1.41 bits per heavy atom. The molecule has 0 bridgehead atoms. The molecule has 11 heteroatoms. The van der Waals surface area contributed by atoms with Crippen molar-refractivity contribution >= 4 is 28.6 Å². The van der Waals surface area contributed by atoms with Gasteiger partial charge in [0.2, 0.25) is 17.7 Å². The van der Waals surface area contributed by atoms with Gasteiger partial charge in [-0.05, 0) is 25.0 Å². The summed E-state index contributed by atoms with van der Waals surface area (Å²) in [5.74, 6) is 0.297. The van der Waals surface area contributed by atoms with Gasteiger partial charge in [-0.3, -0.25) is 9.48 Å². The summed E-state index contributed by atoms with van der Waals surface area (Å²) in [5, 5.41) is 8.16. The molecular weight excluding hydrogens is 417 g/mol. The molecule has 1 amide bonds. The van der Waals surface area contributed by atoms with Crippen LogP contribution in [0.2, 0.25) is 0 Å². The van der Waals surface area contributed by atoms with E-state index in [1.54, 1.807) is 18.5 Å². The second kappa shape index (κ2) is 8.58. The molecule has 2 aliphatic rings. The van der Waals surface area contributed by atoms with Gasteiger partial charge in [0.05, 0.1) is 36.5 Å². The molecule has 2 N–H and O–H groups in total. The number of anilines is 2. The van der Waals surface area contributed by atoms with Crippen LogP contribution >= 0.6 is 0 Å². The van der Waals surface area contributed by atoms with Gasteiger partial charge in [0.1, 0.15) is 17.9 Å². The molecule has 0 aromatic carbocycles. The number of nitrogens with one attached hydrogen (secondary N) is 2. The number of likely N-dealkylation sites (tertiary alicyclic amines) is 1. The Labute approximate surface area is 183 Å². The molecule has 5 heterocycles. The molecule has 3 aromatic heterocycles. The number of ether oxygens (including phenoxy) is 2. The van der Waals surface area contributed by atoms with Crippen LogP contribution in [0, 0.1) is 0 Å². The van der Waals surface area contributed by atoms with Gasteiger partial charge in [0, 0.05) is 25.5 Å². The second-order valence-corrected chi connectivity index (χ2v) is 7.89. The molecule has 2 saturated heterocycles. The van der Waals surface area contributed by atoms with Crippen molar-refractivity contribution in [2.24, 2.45) is 0 Å². The third kappa shape index (κ3) is 4.03. The predicted octanol–water partition coefficient (Wildman–Crippen LogP) is 2.36. The number of halogens is 1. The first-order valence-corrected chi connectivity index (χ1v) is 10.6. The highest BCUT2D eigenvalue weighted by Gasteiger charge is 2.33. The van der Waals surface area contributed by atoms with E-state index < -0.39 is 12.3 Å². The van der Waals surface area contributed by atoms with Crippen molar-refractivity contribution in [3.63, 3.8) is 0 Å². The topological polar surface area (TPSA) is 110 Å². The number of hydrogen-bond donors (Lipinski definition) is 2. The average molecular weight is 441 g/mol. The standard InChI is InChI=1S/C21H24FN7O3/c1-2-18(30)28-7-4-16(22)17(11-28)32-20-15-3-6-23-19(15)26-21(27-20)25-13-9-24-29(10-13)14-5-8-31-12-14/h2-3,6,9-10,14,16-17H,1,4-5,7-8,11-12H2,(H2,23,25,26,27). The summed E-state index contributed by atoms with van der Waals surface area (Å²) in [6.45, 7) is 5.33. The van der Waals surface area contributed by atoms with Crippen LogP contribution in [0.15, 0.2) is 37.3 Å². The van der Waals surface area contributed by atoms with Crippen LogP contribution in [0.1, 0.15) is 18.9 Å². The normalized spacial score (nSPS) is 23.4. The monoisotopic (exact) mass is 441 g/mol. The molecular formula is C21H24FN7O3. The van der Waals surface area contributed by atoms with Crippen molar-refractivity contribution in [2.45, 2.75) is 31.2 Å². The SMILES string of the molecule is C=CC(=O)N1CCC(F)C(Oc2nc(Nc3cnn(C4CCOC4)c3)nc3[nH]ccc23)C1. The first-order chi connectivity index (χ1) is 15.6. The minimum atomic E-state index is -1.21. The lowest BCUT2D eigenvalue weighted by Gasteiger charge is -2.34. The minimum Gasteiger partial charge on any atom is -0.469 e. The molecule has 3 aromatic rings. The van der Waals surface area contributed by atoms with E-state index in [0.717, 1.165) is 18.7 Å². The minimum absolute atomic E-state index is 0.126. The van der Waals surface area contributed by atoms with Crippen molar-refractivity contribution in [1.82, 2.24) is 29.6 Å². The lowest BCUT2D eigenvalue weighted by Crippen LogP contribution is -2.49. The molecule has 0 saturated carbocycles. The third-order valence-electron chi connectivity index (χ3n) is 5.75. The number of nitrogens with zero attached hydrogens (tertiary/aromatic N) is 5. The van der Waals surface area contributed by atoms with Crippen LogP contribution < -0.4 is 10.1 Å². The Morgan fingerprint density at radius 3 is 3.12 bits per heavy atom. The number of aromatic amines is 1. The number of H-pyrrole nitrogens is 1. The average Bonchev–Trinajstić information content (AvgIpc) is 3.56. The van der Waals surface area contributed by atoms with Crippen molar-refractivity contribution in [3.8, 4) is 5.88 Å². The molecule has 168 valence electrons. The Morgan fingerprint density at radius 2 is 2.31 bits per heavy atom. The summed E-state index contributed by atoms with van der Waals surface area (Å²) < 4.78 is 27.9. The van der Waals surface area contributed by atoms with E-state index in [0.29, 0.717) is 30.1 Å². The number of carbonyl (C=O) groups is 1. The fraction of sp³-hybridized carbons (Fsp3) is 0.429. The summed E-state index contributed by atoms with van der Waals surface area (Å²) >= 11 is 0. The van der Waals surface area contributed by atoms with Crippen LogP contribution in [0.4, 0.5) is 16.0 Å². The molecule has 10 nitrogen and oxygen atoms in total. The predicted molar refractivity (Wildman–Crippen MR) is 115 cm³/mol. The molecule has 0 aliphatic carbocycles. The Hall–Kier alpha value is -3.47. The van der Waals surface area contributed by atoms with Crippen molar-refractivity contribution < 1.29 is 18.7 Å². The molecule has 2 aliphatic heterocycles. The molecule has 2 fully saturated rings. The highest BCUT2D eigenvalue weighted by molar-refractivity contribution is 5.87.